The average Bonchev–Trinajstić information content (AvgIpc) is 2.32. The Morgan fingerprint density at radius 2 is 2.33 bits per heavy atom. The first-order valence-corrected chi connectivity index (χ1v) is 7.55. The van der Waals surface area contributed by atoms with Crippen LogP contribution in [0.25, 0.3) is 0 Å². The molecule has 3 N–H and O–H groups in total. The molecule has 1 fully saturated rings. The summed E-state index contributed by atoms with van der Waals surface area (Å²) in [6.07, 6.45) is 0.936. The summed E-state index contributed by atoms with van der Waals surface area (Å²) in [5, 5.41) is 0. The topological polar surface area (TPSA) is 62.9 Å². The van der Waals surface area contributed by atoms with Gasteiger partial charge < -0.3 is 9.64 Å². The summed E-state index contributed by atoms with van der Waals surface area (Å²) < 4.78 is 5.55. The van der Waals surface area contributed by atoms with E-state index in [1.54, 1.807) is 0 Å². The van der Waals surface area contributed by atoms with Crippen LogP contribution in [0.2, 0.25) is 0 Å². The van der Waals surface area contributed by atoms with Crippen molar-refractivity contribution < 1.29 is 4.74 Å². The van der Waals surface area contributed by atoms with Gasteiger partial charge in [-0.3, -0.25) is 10.4 Å². The van der Waals surface area contributed by atoms with E-state index in [0.717, 1.165) is 51.0 Å². The van der Waals surface area contributed by atoms with E-state index in [1.165, 1.54) is 0 Å². The molecular weight excluding hydrogens is 248 g/mol. The Balaban J connectivity index is 2.41. The van der Waals surface area contributed by atoms with Gasteiger partial charge in [-0.15, -0.1) is 0 Å². The fourth-order valence-corrected chi connectivity index (χ4v) is 3.04. The van der Waals surface area contributed by atoms with E-state index in [2.05, 4.69) is 29.2 Å². The number of nitrogens with two attached hydrogens (primary N) is 1. The van der Waals surface area contributed by atoms with Crippen LogP contribution in [0.5, 0.6) is 0 Å². The first-order chi connectivity index (χ1) is 8.59. The first-order valence-electron chi connectivity index (χ1n) is 6.57. The summed E-state index contributed by atoms with van der Waals surface area (Å²) >= 11 is 2.00. The van der Waals surface area contributed by atoms with Crippen LogP contribution < -0.4 is 11.3 Å². The predicted octanol–water partition coefficient (Wildman–Crippen LogP) is 1.06. The van der Waals surface area contributed by atoms with Crippen molar-refractivity contribution in [3.8, 4) is 0 Å². The highest BCUT2D eigenvalue weighted by molar-refractivity contribution is 8.00. The van der Waals surface area contributed by atoms with Crippen LogP contribution in [0.3, 0.4) is 0 Å². The van der Waals surface area contributed by atoms with Crippen LogP contribution in [-0.2, 0) is 4.74 Å². The lowest BCUT2D eigenvalue weighted by molar-refractivity contribution is 0.146. The minimum Gasteiger partial charge on any atom is -0.382 e. The van der Waals surface area contributed by atoms with Gasteiger partial charge in [-0.05, 0) is 27.2 Å². The first kappa shape index (κ1) is 15.6. The summed E-state index contributed by atoms with van der Waals surface area (Å²) in [5.74, 6) is 7.50. The van der Waals surface area contributed by atoms with Gasteiger partial charge in [0.25, 0.3) is 0 Å². The molecule has 6 heteroatoms. The van der Waals surface area contributed by atoms with Gasteiger partial charge in [-0.25, -0.2) is 5.84 Å². The summed E-state index contributed by atoms with van der Waals surface area (Å²) in [7, 11) is 0. The summed E-state index contributed by atoms with van der Waals surface area (Å²) in [6, 6.07) is 0. The number of hydrazine groups is 1. The fourth-order valence-electron chi connectivity index (χ4n) is 1.93. The number of hydrogen-bond acceptors (Lipinski definition) is 4. The number of thioether (sulfide) groups is 1. The molecule has 0 aromatic rings. The fraction of sp³-hybridized carbons (Fsp3) is 0.917. The van der Waals surface area contributed by atoms with Crippen molar-refractivity contribution >= 4 is 17.7 Å². The third-order valence-corrected chi connectivity index (χ3v) is 4.06. The lowest BCUT2D eigenvalue weighted by Crippen LogP contribution is -2.52. The van der Waals surface area contributed by atoms with Gasteiger partial charge in [0.05, 0.1) is 0 Å². The molecule has 0 atom stereocenters. The molecule has 1 heterocycles. The highest BCUT2D eigenvalue weighted by atomic mass is 32.2. The molecule has 0 radical (unpaired) electrons. The van der Waals surface area contributed by atoms with Crippen LogP contribution in [-0.4, -0.2) is 54.2 Å². The summed E-state index contributed by atoms with van der Waals surface area (Å²) in [6.45, 7) is 10.8. The van der Waals surface area contributed by atoms with Crippen molar-refractivity contribution in [2.45, 2.75) is 31.9 Å². The zero-order valence-electron chi connectivity index (χ0n) is 11.7. The molecule has 0 bridgehead atoms. The number of rotatable bonds is 5. The SMILES string of the molecule is CCOCCCN=C(NN)N1CCSC(C)(C)C1. The zero-order chi connectivity index (χ0) is 13.4. The minimum atomic E-state index is 0.265. The molecule has 1 saturated heterocycles. The normalized spacial score (nSPS) is 20.0. The van der Waals surface area contributed by atoms with E-state index in [4.69, 9.17) is 10.6 Å². The largest absolute Gasteiger partial charge is 0.382 e. The standard InChI is InChI=1S/C12H26N4OS/c1-4-17-8-5-6-14-11(15-13)16-7-9-18-12(2,3)10-16/h4-10,13H2,1-3H3,(H,14,15). The Labute approximate surface area is 114 Å². The van der Waals surface area contributed by atoms with Crippen LogP contribution >= 0.6 is 11.8 Å². The van der Waals surface area contributed by atoms with Gasteiger partial charge in [0.1, 0.15) is 0 Å². The number of hydrogen-bond donors (Lipinski definition) is 2. The van der Waals surface area contributed by atoms with Gasteiger partial charge in [0.2, 0.25) is 5.96 Å². The molecule has 0 spiro atoms. The van der Waals surface area contributed by atoms with Crippen LogP contribution in [0.15, 0.2) is 4.99 Å². The molecule has 1 aliphatic heterocycles. The average molecular weight is 274 g/mol. The van der Waals surface area contributed by atoms with Crippen molar-refractivity contribution in [1.82, 2.24) is 10.3 Å². The maximum atomic E-state index is 5.57. The Kier molecular flexibility index (Phi) is 6.81. The molecule has 1 aliphatic rings. The highest BCUT2D eigenvalue weighted by Crippen LogP contribution is 2.29. The van der Waals surface area contributed by atoms with Crippen molar-refractivity contribution in [3.05, 3.63) is 0 Å². The Morgan fingerprint density at radius 1 is 1.56 bits per heavy atom. The van der Waals surface area contributed by atoms with Crippen molar-refractivity contribution in [3.63, 3.8) is 0 Å². The predicted molar refractivity (Wildman–Crippen MR) is 78.8 cm³/mol. The minimum absolute atomic E-state index is 0.265. The lowest BCUT2D eigenvalue weighted by Gasteiger charge is -2.38. The number of nitrogens with one attached hydrogen (secondary N) is 1. The molecule has 5 nitrogen and oxygen atoms in total. The van der Waals surface area contributed by atoms with Gasteiger partial charge >= 0.3 is 0 Å². The Bertz CT molecular complexity index is 271. The second kappa shape index (κ2) is 7.86. The third kappa shape index (κ3) is 5.46. The highest BCUT2D eigenvalue weighted by Gasteiger charge is 2.28. The van der Waals surface area contributed by atoms with Gasteiger partial charge in [-0.2, -0.15) is 11.8 Å². The van der Waals surface area contributed by atoms with E-state index >= 15 is 0 Å². The van der Waals surface area contributed by atoms with E-state index < -0.39 is 0 Å². The second-order valence-electron chi connectivity index (χ2n) is 4.93. The van der Waals surface area contributed by atoms with Crippen molar-refractivity contribution in [1.29, 1.82) is 0 Å². The maximum absolute atomic E-state index is 5.57. The van der Waals surface area contributed by atoms with E-state index in [9.17, 15) is 0 Å². The third-order valence-electron chi connectivity index (χ3n) is 2.77. The molecule has 0 aliphatic carbocycles. The molecule has 1 rings (SSSR count). The van der Waals surface area contributed by atoms with Gasteiger partial charge in [-0.1, -0.05) is 0 Å². The van der Waals surface area contributed by atoms with Crippen molar-refractivity contribution in [2.24, 2.45) is 10.8 Å². The van der Waals surface area contributed by atoms with E-state index in [0.29, 0.717) is 0 Å². The van der Waals surface area contributed by atoms with Crippen molar-refractivity contribution in [2.75, 3.05) is 38.6 Å². The number of aliphatic imine (C=N–C) groups is 1. The molecule has 106 valence electrons. The smallest absolute Gasteiger partial charge is 0.208 e. The maximum Gasteiger partial charge on any atom is 0.208 e. The van der Waals surface area contributed by atoms with E-state index in [-0.39, 0.29) is 4.75 Å². The molecule has 0 amide bonds. The Hall–Kier alpha value is -0.460. The zero-order valence-corrected chi connectivity index (χ0v) is 12.6. The van der Waals surface area contributed by atoms with E-state index in [1.807, 2.05) is 18.7 Å². The quantitative estimate of drug-likeness (QED) is 0.258. The molecule has 0 saturated carbocycles. The van der Waals surface area contributed by atoms with Crippen LogP contribution in [0.4, 0.5) is 0 Å². The van der Waals surface area contributed by atoms with Gasteiger partial charge in [0, 0.05) is 43.3 Å². The Morgan fingerprint density at radius 3 is 2.94 bits per heavy atom. The number of nitrogens with zero attached hydrogens (tertiary/aromatic N) is 2. The van der Waals surface area contributed by atoms with Crippen LogP contribution in [0, 0.1) is 0 Å². The summed E-state index contributed by atoms with van der Waals surface area (Å²) in [4.78, 5) is 6.75. The molecule has 0 unspecified atom stereocenters. The molecule has 18 heavy (non-hydrogen) atoms. The molecule has 0 aromatic heterocycles. The summed E-state index contributed by atoms with van der Waals surface area (Å²) in [5.41, 5.74) is 2.73. The van der Waals surface area contributed by atoms with Crippen LogP contribution in [0.1, 0.15) is 27.2 Å². The molecular formula is C12H26N4OS. The monoisotopic (exact) mass is 274 g/mol. The lowest BCUT2D eigenvalue weighted by atomic mass is 10.2. The number of ether oxygens (including phenoxy) is 1. The van der Waals surface area contributed by atoms with Gasteiger partial charge in [0.15, 0.2) is 0 Å². The number of guanidine groups is 1. The second-order valence-corrected chi connectivity index (χ2v) is 6.73. The molecule has 0 aromatic carbocycles.